The Balaban J connectivity index is 1.35. The summed E-state index contributed by atoms with van der Waals surface area (Å²) in [4.78, 5) is 32.4. The van der Waals surface area contributed by atoms with Gasteiger partial charge in [0.25, 0.3) is 0 Å². The van der Waals surface area contributed by atoms with Crippen LogP contribution in [0.3, 0.4) is 0 Å². The maximum atomic E-state index is 13.7. The lowest BCUT2D eigenvalue weighted by molar-refractivity contribution is -0.142. The molecule has 1 aromatic heterocycles. The van der Waals surface area contributed by atoms with Crippen LogP contribution in [0.1, 0.15) is 53.8 Å². The van der Waals surface area contributed by atoms with Gasteiger partial charge in [0.1, 0.15) is 0 Å². The molecule has 2 heterocycles. The van der Waals surface area contributed by atoms with Gasteiger partial charge in [0.15, 0.2) is 0 Å². The zero-order valence-corrected chi connectivity index (χ0v) is 20.7. The van der Waals surface area contributed by atoms with E-state index in [1.807, 2.05) is 46.2 Å². The first-order valence-corrected chi connectivity index (χ1v) is 13.1. The van der Waals surface area contributed by atoms with Crippen molar-refractivity contribution in [2.45, 2.75) is 38.6 Å². The van der Waals surface area contributed by atoms with Gasteiger partial charge in [0, 0.05) is 23.9 Å². The molecule has 2 amide bonds. The first kappa shape index (κ1) is 22.9. The van der Waals surface area contributed by atoms with E-state index >= 15 is 0 Å². The summed E-state index contributed by atoms with van der Waals surface area (Å²) in [5.74, 6) is 0.736. The number of carbonyl (C=O) groups excluding carboxylic acids is 2. The van der Waals surface area contributed by atoms with Gasteiger partial charge in [-0.25, -0.2) is 0 Å². The summed E-state index contributed by atoms with van der Waals surface area (Å²) in [6.45, 7) is 5.66. The summed E-state index contributed by atoms with van der Waals surface area (Å²) in [6, 6.07) is 22.6. The van der Waals surface area contributed by atoms with Gasteiger partial charge < -0.3 is 9.80 Å². The van der Waals surface area contributed by atoms with E-state index in [2.05, 4.69) is 49.6 Å². The molecule has 3 atom stereocenters. The average molecular weight is 473 g/mol. The minimum atomic E-state index is -0.0855. The van der Waals surface area contributed by atoms with Crippen LogP contribution in [-0.4, -0.2) is 41.2 Å². The fraction of sp³-hybridized carbons (Fsp3) is 0.379. The maximum absolute atomic E-state index is 13.7. The number of rotatable bonds is 7. The molecule has 4 nitrogen and oxygen atoms in total. The largest absolute Gasteiger partial charge is 0.333 e. The zero-order valence-electron chi connectivity index (χ0n) is 19.9. The molecule has 5 heteroatoms. The highest BCUT2D eigenvalue weighted by molar-refractivity contribution is 7.10. The number of fused-ring (bicyclic) bond motifs is 1. The highest BCUT2D eigenvalue weighted by Gasteiger charge is 2.46. The molecule has 1 saturated carbocycles. The first-order valence-electron chi connectivity index (χ1n) is 12.3. The number of carbonyl (C=O) groups is 2. The van der Waals surface area contributed by atoms with E-state index in [0.29, 0.717) is 19.0 Å². The lowest BCUT2D eigenvalue weighted by Crippen LogP contribution is -2.48. The second kappa shape index (κ2) is 9.75. The molecule has 1 fully saturated rings. The molecule has 0 spiro atoms. The van der Waals surface area contributed by atoms with Crippen molar-refractivity contribution >= 4 is 23.2 Å². The van der Waals surface area contributed by atoms with E-state index in [1.54, 1.807) is 11.3 Å². The van der Waals surface area contributed by atoms with Crippen molar-refractivity contribution < 1.29 is 9.59 Å². The van der Waals surface area contributed by atoms with Crippen molar-refractivity contribution in [2.24, 2.45) is 11.8 Å². The van der Waals surface area contributed by atoms with Gasteiger partial charge in [-0.2, -0.15) is 0 Å². The lowest BCUT2D eigenvalue weighted by Gasteiger charge is -2.38. The maximum Gasteiger partial charge on any atom is 0.242 e. The van der Waals surface area contributed by atoms with E-state index in [1.165, 1.54) is 16.0 Å². The minimum Gasteiger partial charge on any atom is -0.333 e. The number of hydrogen-bond acceptors (Lipinski definition) is 3. The van der Waals surface area contributed by atoms with E-state index in [4.69, 9.17) is 0 Å². The second-order valence-electron chi connectivity index (χ2n) is 9.92. The van der Waals surface area contributed by atoms with Gasteiger partial charge in [-0.15, -0.1) is 11.3 Å². The molecule has 3 aromatic rings. The van der Waals surface area contributed by atoms with Crippen LogP contribution in [-0.2, 0) is 16.0 Å². The van der Waals surface area contributed by atoms with Crippen LogP contribution in [0, 0.1) is 11.8 Å². The third-order valence-corrected chi connectivity index (χ3v) is 7.96. The SMILES string of the molecule is CC(C)CN(CC(=O)N1CCc2sccc2C1c1ccccc1)C(=O)C1C[C@H]1c1ccccc1. The molecule has 0 bridgehead atoms. The Morgan fingerprint density at radius 3 is 2.35 bits per heavy atom. The number of amides is 2. The van der Waals surface area contributed by atoms with E-state index < -0.39 is 0 Å². The van der Waals surface area contributed by atoms with E-state index in [-0.39, 0.29) is 36.2 Å². The van der Waals surface area contributed by atoms with Gasteiger partial charge in [0.2, 0.25) is 11.8 Å². The molecule has 0 saturated heterocycles. The van der Waals surface area contributed by atoms with E-state index in [0.717, 1.165) is 18.4 Å². The van der Waals surface area contributed by atoms with Crippen molar-refractivity contribution in [3.05, 3.63) is 93.7 Å². The predicted molar refractivity (Wildman–Crippen MR) is 137 cm³/mol. The fourth-order valence-corrected chi connectivity index (χ4v) is 6.18. The molecule has 2 aromatic carbocycles. The van der Waals surface area contributed by atoms with Crippen LogP contribution < -0.4 is 0 Å². The second-order valence-corrected chi connectivity index (χ2v) is 10.9. The molecule has 1 aliphatic carbocycles. The molecular weight excluding hydrogens is 440 g/mol. The monoisotopic (exact) mass is 472 g/mol. The van der Waals surface area contributed by atoms with Crippen molar-refractivity contribution in [3.8, 4) is 0 Å². The molecule has 176 valence electrons. The standard InChI is InChI=1S/C29H32N2O2S/c1-20(2)18-30(29(33)25-17-24(25)21-9-5-3-6-10-21)19-27(32)31-15-13-26-23(14-16-34-26)28(31)22-11-7-4-8-12-22/h3-12,14,16,20,24-25,28H,13,15,17-19H2,1-2H3/t24-,25?,28?/m0/s1. The first-order chi connectivity index (χ1) is 16.5. The quantitative estimate of drug-likeness (QED) is 0.455. The topological polar surface area (TPSA) is 40.6 Å². The van der Waals surface area contributed by atoms with Gasteiger partial charge in [-0.1, -0.05) is 74.5 Å². The van der Waals surface area contributed by atoms with Crippen molar-refractivity contribution in [2.75, 3.05) is 19.6 Å². The van der Waals surface area contributed by atoms with Crippen molar-refractivity contribution in [1.82, 2.24) is 9.80 Å². The Bertz CT molecular complexity index is 1140. The summed E-state index contributed by atoms with van der Waals surface area (Å²) in [7, 11) is 0. The summed E-state index contributed by atoms with van der Waals surface area (Å²) >= 11 is 1.77. The summed E-state index contributed by atoms with van der Waals surface area (Å²) in [6.07, 6.45) is 1.75. The number of thiophene rings is 1. The third-order valence-electron chi connectivity index (χ3n) is 6.96. The molecule has 0 N–H and O–H groups in total. The van der Waals surface area contributed by atoms with E-state index in [9.17, 15) is 9.59 Å². The number of hydrogen-bond donors (Lipinski definition) is 0. The van der Waals surface area contributed by atoms with Gasteiger partial charge in [0.05, 0.1) is 12.6 Å². The smallest absolute Gasteiger partial charge is 0.242 e. The van der Waals surface area contributed by atoms with Crippen LogP contribution in [0.15, 0.2) is 72.1 Å². The predicted octanol–water partition coefficient (Wildman–Crippen LogP) is 5.51. The Labute approximate surface area is 206 Å². The van der Waals surface area contributed by atoms with Gasteiger partial charge in [-0.3, -0.25) is 9.59 Å². The average Bonchev–Trinajstić information content (AvgIpc) is 3.51. The zero-order chi connectivity index (χ0) is 23.7. The van der Waals surface area contributed by atoms with Crippen molar-refractivity contribution in [3.63, 3.8) is 0 Å². The molecule has 2 aliphatic rings. The Morgan fingerprint density at radius 2 is 1.68 bits per heavy atom. The molecule has 1 aliphatic heterocycles. The van der Waals surface area contributed by atoms with Gasteiger partial charge in [-0.05, 0) is 52.8 Å². The molecule has 2 unspecified atom stereocenters. The molecular formula is C29H32N2O2S. The summed E-state index contributed by atoms with van der Waals surface area (Å²) in [5, 5.41) is 2.12. The fourth-order valence-electron chi connectivity index (χ4n) is 5.28. The van der Waals surface area contributed by atoms with Crippen LogP contribution in [0.5, 0.6) is 0 Å². The van der Waals surface area contributed by atoms with Crippen LogP contribution >= 0.6 is 11.3 Å². The molecule has 5 rings (SSSR count). The van der Waals surface area contributed by atoms with Gasteiger partial charge >= 0.3 is 0 Å². The minimum absolute atomic E-state index is 0.0105. The Morgan fingerprint density at radius 1 is 1.00 bits per heavy atom. The normalized spacial score (nSPS) is 21.3. The Kier molecular flexibility index (Phi) is 6.55. The van der Waals surface area contributed by atoms with Crippen LogP contribution in [0.25, 0.3) is 0 Å². The van der Waals surface area contributed by atoms with Crippen LogP contribution in [0.4, 0.5) is 0 Å². The Hall–Kier alpha value is -2.92. The van der Waals surface area contributed by atoms with Crippen LogP contribution in [0.2, 0.25) is 0 Å². The molecule has 0 radical (unpaired) electrons. The highest BCUT2D eigenvalue weighted by atomic mass is 32.1. The lowest BCUT2D eigenvalue weighted by atomic mass is 9.93. The van der Waals surface area contributed by atoms with Crippen molar-refractivity contribution in [1.29, 1.82) is 0 Å². The summed E-state index contributed by atoms with van der Waals surface area (Å²) in [5.41, 5.74) is 3.58. The summed E-state index contributed by atoms with van der Waals surface area (Å²) < 4.78 is 0. The number of nitrogens with zero attached hydrogens (tertiary/aromatic N) is 2. The molecule has 34 heavy (non-hydrogen) atoms. The third kappa shape index (κ3) is 4.67. The number of benzene rings is 2. The highest BCUT2D eigenvalue weighted by Crippen LogP contribution is 2.48.